The van der Waals surface area contributed by atoms with Crippen molar-refractivity contribution in [2.45, 2.75) is 50.1 Å². The molecular weight excluding hydrogens is 438 g/mol. The minimum absolute atomic E-state index is 0.160. The van der Waals surface area contributed by atoms with E-state index in [2.05, 4.69) is 21.9 Å². The molecule has 1 aromatic carbocycles. The van der Waals surface area contributed by atoms with Crippen LogP contribution in [0.25, 0.3) is 0 Å². The van der Waals surface area contributed by atoms with Gasteiger partial charge in [-0.15, -0.1) is 0 Å². The lowest BCUT2D eigenvalue weighted by molar-refractivity contribution is -0.135. The van der Waals surface area contributed by atoms with Crippen LogP contribution in [-0.2, 0) is 21.5 Å². The van der Waals surface area contributed by atoms with E-state index < -0.39 is 5.41 Å². The van der Waals surface area contributed by atoms with E-state index in [-0.39, 0.29) is 11.8 Å². The highest BCUT2D eigenvalue weighted by Crippen LogP contribution is 2.47. The summed E-state index contributed by atoms with van der Waals surface area (Å²) in [5.41, 5.74) is 2.40. The standard InChI is InChI=1S/C28H35N5O2/c34-25(32-18-16-31(17-19-32)23-8-4-9-23)21-30-14-11-28(12-15-30)26-24(10-5-13-29-26)33(27(28)35)20-22-6-2-1-3-7-22/h1-3,5-7,10,13,23H,4,8-9,11-12,14-21H2. The minimum atomic E-state index is -0.570. The predicted molar refractivity (Wildman–Crippen MR) is 135 cm³/mol. The number of likely N-dealkylation sites (tertiary alicyclic amines) is 1. The number of pyridine rings is 1. The van der Waals surface area contributed by atoms with Crippen molar-refractivity contribution in [1.82, 2.24) is 19.7 Å². The van der Waals surface area contributed by atoms with Crippen molar-refractivity contribution in [2.24, 2.45) is 0 Å². The summed E-state index contributed by atoms with van der Waals surface area (Å²) < 4.78 is 0. The topological polar surface area (TPSA) is 60.0 Å². The van der Waals surface area contributed by atoms with Crippen molar-refractivity contribution in [2.75, 3.05) is 50.7 Å². The number of nitrogens with zero attached hydrogens (tertiary/aromatic N) is 5. The molecule has 1 saturated carbocycles. The van der Waals surface area contributed by atoms with Crippen LogP contribution in [0.4, 0.5) is 5.69 Å². The molecule has 0 unspecified atom stereocenters. The summed E-state index contributed by atoms with van der Waals surface area (Å²) in [6.45, 7) is 6.21. The van der Waals surface area contributed by atoms with Gasteiger partial charge >= 0.3 is 0 Å². The zero-order valence-corrected chi connectivity index (χ0v) is 20.4. The first-order chi connectivity index (χ1) is 17.1. The second kappa shape index (κ2) is 9.36. The Hall–Kier alpha value is -2.77. The maximum atomic E-state index is 13.8. The number of rotatable bonds is 5. The van der Waals surface area contributed by atoms with Crippen LogP contribution in [0.3, 0.4) is 0 Å². The Morgan fingerprint density at radius 1 is 0.943 bits per heavy atom. The first-order valence-electron chi connectivity index (χ1n) is 13.2. The molecule has 2 aromatic rings. The maximum absolute atomic E-state index is 13.8. The summed E-state index contributed by atoms with van der Waals surface area (Å²) in [6.07, 6.45) is 7.23. The minimum Gasteiger partial charge on any atom is -0.339 e. The van der Waals surface area contributed by atoms with Crippen molar-refractivity contribution in [3.8, 4) is 0 Å². The first kappa shape index (κ1) is 22.7. The fourth-order valence-electron chi connectivity index (χ4n) is 6.30. The Kier molecular flexibility index (Phi) is 6.06. The lowest BCUT2D eigenvalue weighted by atomic mass is 9.76. The third kappa shape index (κ3) is 4.15. The average Bonchev–Trinajstić information content (AvgIpc) is 3.08. The predicted octanol–water partition coefficient (Wildman–Crippen LogP) is 2.66. The molecule has 3 fully saturated rings. The van der Waals surface area contributed by atoms with Gasteiger partial charge in [-0.05, 0) is 43.4 Å². The molecule has 7 nitrogen and oxygen atoms in total. The summed E-state index contributed by atoms with van der Waals surface area (Å²) in [5.74, 6) is 0.393. The van der Waals surface area contributed by atoms with Crippen LogP contribution in [0.1, 0.15) is 43.4 Å². The summed E-state index contributed by atoms with van der Waals surface area (Å²) in [7, 11) is 0. The molecule has 7 heteroatoms. The lowest BCUT2D eigenvalue weighted by Gasteiger charge is -2.43. The van der Waals surface area contributed by atoms with Crippen LogP contribution in [0.5, 0.6) is 0 Å². The van der Waals surface area contributed by atoms with E-state index >= 15 is 0 Å². The monoisotopic (exact) mass is 473 g/mol. The van der Waals surface area contributed by atoms with E-state index in [9.17, 15) is 9.59 Å². The number of piperazine rings is 1. The van der Waals surface area contributed by atoms with E-state index in [4.69, 9.17) is 4.98 Å². The van der Waals surface area contributed by atoms with Gasteiger partial charge in [0.05, 0.1) is 29.9 Å². The van der Waals surface area contributed by atoms with Crippen molar-refractivity contribution in [3.63, 3.8) is 0 Å². The highest BCUT2D eigenvalue weighted by molar-refractivity contribution is 6.07. The van der Waals surface area contributed by atoms with Gasteiger partial charge in [0.1, 0.15) is 0 Å². The van der Waals surface area contributed by atoms with E-state index in [0.717, 1.165) is 62.3 Å². The molecule has 1 aromatic heterocycles. The molecule has 6 rings (SSSR count). The summed E-state index contributed by atoms with van der Waals surface area (Å²) in [6, 6.07) is 14.9. The number of hydrogen-bond acceptors (Lipinski definition) is 5. The maximum Gasteiger partial charge on any atom is 0.239 e. The molecule has 2 amide bonds. The molecule has 0 N–H and O–H groups in total. The third-order valence-corrected chi connectivity index (χ3v) is 8.70. The molecule has 1 spiro atoms. The molecule has 35 heavy (non-hydrogen) atoms. The largest absolute Gasteiger partial charge is 0.339 e. The highest BCUT2D eigenvalue weighted by Gasteiger charge is 2.53. The zero-order chi connectivity index (χ0) is 23.8. The second-order valence-electron chi connectivity index (χ2n) is 10.6. The van der Waals surface area contributed by atoms with Gasteiger partial charge in [0.2, 0.25) is 11.8 Å². The molecule has 0 atom stereocenters. The van der Waals surface area contributed by atoms with Gasteiger partial charge in [-0.3, -0.25) is 24.4 Å². The van der Waals surface area contributed by atoms with Gasteiger partial charge in [-0.2, -0.15) is 0 Å². The second-order valence-corrected chi connectivity index (χ2v) is 10.6. The summed E-state index contributed by atoms with van der Waals surface area (Å²) in [4.78, 5) is 40.3. The number of benzene rings is 1. The van der Waals surface area contributed by atoms with Crippen molar-refractivity contribution in [3.05, 3.63) is 59.9 Å². The smallest absolute Gasteiger partial charge is 0.239 e. The van der Waals surface area contributed by atoms with E-state index in [0.29, 0.717) is 25.9 Å². The van der Waals surface area contributed by atoms with Crippen LogP contribution < -0.4 is 4.90 Å². The van der Waals surface area contributed by atoms with Crippen LogP contribution in [0.15, 0.2) is 48.7 Å². The third-order valence-electron chi connectivity index (χ3n) is 8.70. The van der Waals surface area contributed by atoms with Gasteiger partial charge in [0, 0.05) is 51.5 Å². The zero-order valence-electron chi connectivity index (χ0n) is 20.4. The number of piperidine rings is 1. The molecule has 1 aliphatic carbocycles. The van der Waals surface area contributed by atoms with Crippen molar-refractivity contribution >= 4 is 17.5 Å². The van der Waals surface area contributed by atoms with Crippen LogP contribution in [-0.4, -0.2) is 83.4 Å². The summed E-state index contributed by atoms with van der Waals surface area (Å²) >= 11 is 0. The number of amides is 2. The van der Waals surface area contributed by atoms with Crippen molar-refractivity contribution in [1.29, 1.82) is 0 Å². The quantitative estimate of drug-likeness (QED) is 0.668. The fourth-order valence-corrected chi connectivity index (χ4v) is 6.30. The SMILES string of the molecule is O=C(CN1CCC2(CC1)C(=O)N(Cc1ccccc1)c1cccnc12)N1CCN(C2CCC2)CC1. The molecule has 0 bridgehead atoms. The Bertz CT molecular complexity index is 1070. The molecular formula is C28H35N5O2. The normalized spacial score (nSPS) is 22.9. The summed E-state index contributed by atoms with van der Waals surface area (Å²) in [5, 5.41) is 0. The molecule has 4 heterocycles. The average molecular weight is 474 g/mol. The van der Waals surface area contributed by atoms with Gasteiger partial charge in [0.25, 0.3) is 0 Å². The lowest BCUT2D eigenvalue weighted by Crippen LogP contribution is -2.56. The van der Waals surface area contributed by atoms with Gasteiger partial charge < -0.3 is 9.80 Å². The number of aromatic nitrogens is 1. The fraction of sp³-hybridized carbons (Fsp3) is 0.536. The first-order valence-corrected chi connectivity index (χ1v) is 13.2. The van der Waals surface area contributed by atoms with Crippen LogP contribution in [0, 0.1) is 0 Å². The number of anilines is 1. The van der Waals surface area contributed by atoms with Crippen LogP contribution >= 0.6 is 0 Å². The number of hydrogen-bond donors (Lipinski definition) is 0. The van der Waals surface area contributed by atoms with E-state index in [1.807, 2.05) is 40.1 Å². The number of fused-ring (bicyclic) bond motifs is 2. The Labute approximate surface area is 207 Å². The van der Waals surface area contributed by atoms with E-state index in [1.165, 1.54) is 19.3 Å². The molecule has 4 aliphatic rings. The van der Waals surface area contributed by atoms with Crippen LogP contribution in [0.2, 0.25) is 0 Å². The molecule has 184 valence electrons. The number of carbonyl (C=O) groups excluding carboxylic acids is 2. The van der Waals surface area contributed by atoms with Crippen molar-refractivity contribution < 1.29 is 9.59 Å². The number of carbonyl (C=O) groups is 2. The highest BCUT2D eigenvalue weighted by atomic mass is 16.2. The molecule has 0 radical (unpaired) electrons. The molecule has 2 saturated heterocycles. The van der Waals surface area contributed by atoms with Gasteiger partial charge in [-0.1, -0.05) is 36.8 Å². The van der Waals surface area contributed by atoms with Gasteiger partial charge in [-0.25, -0.2) is 0 Å². The van der Waals surface area contributed by atoms with Gasteiger partial charge in [0.15, 0.2) is 0 Å². The Morgan fingerprint density at radius 3 is 2.37 bits per heavy atom. The Morgan fingerprint density at radius 2 is 1.69 bits per heavy atom. The Balaban J connectivity index is 1.09. The van der Waals surface area contributed by atoms with E-state index in [1.54, 1.807) is 6.20 Å². The molecule has 3 aliphatic heterocycles.